The van der Waals surface area contributed by atoms with E-state index in [1.807, 2.05) is 22.7 Å². The van der Waals surface area contributed by atoms with E-state index in [0.717, 1.165) is 6.42 Å². The molecule has 0 aliphatic rings. The van der Waals surface area contributed by atoms with E-state index >= 15 is 0 Å². The SMILES string of the molecule is CC(C)(C)c1ccc(-c2cccc3c2sc2ccc(CC(C)(C)c4cccc(-c5cccc6c5sc5ccccc56)c4)cc23)cc1. The van der Waals surface area contributed by atoms with Crippen molar-refractivity contribution in [3.05, 3.63) is 144 Å². The first-order chi connectivity index (χ1) is 22.2. The number of thiophene rings is 2. The highest BCUT2D eigenvalue weighted by atomic mass is 32.1. The summed E-state index contributed by atoms with van der Waals surface area (Å²) in [7, 11) is 0. The van der Waals surface area contributed by atoms with Gasteiger partial charge in [-0.15, -0.1) is 22.7 Å². The van der Waals surface area contributed by atoms with Crippen LogP contribution in [0.3, 0.4) is 0 Å². The van der Waals surface area contributed by atoms with Crippen molar-refractivity contribution in [3.8, 4) is 22.3 Å². The van der Waals surface area contributed by atoms with Crippen molar-refractivity contribution < 1.29 is 0 Å². The lowest BCUT2D eigenvalue weighted by molar-refractivity contribution is 0.523. The molecular weight excluding hydrogens is 593 g/mol. The number of fused-ring (bicyclic) bond motifs is 6. The van der Waals surface area contributed by atoms with Gasteiger partial charge in [0.05, 0.1) is 0 Å². The van der Waals surface area contributed by atoms with Crippen LogP contribution in [0.2, 0.25) is 0 Å². The number of rotatable bonds is 5. The predicted octanol–water partition coefficient (Wildman–Crippen LogP) is 13.6. The molecule has 2 aromatic heterocycles. The summed E-state index contributed by atoms with van der Waals surface area (Å²) in [6.45, 7) is 11.6. The van der Waals surface area contributed by atoms with E-state index in [2.05, 4.69) is 162 Å². The standard InChI is InChI=1S/C44H38S2/c1-43(2,3)31-22-20-29(21-23-31)33-14-9-17-37-38-25-28(19-24-40(38)46-41(33)37)27-44(4,5)32-12-8-11-30(26-32)34-15-10-16-36-35-13-6-7-18-39(35)45-42(34)36/h6-26H,27H2,1-5H3. The maximum absolute atomic E-state index is 2.45. The van der Waals surface area contributed by atoms with Crippen LogP contribution in [0.25, 0.3) is 62.6 Å². The van der Waals surface area contributed by atoms with E-state index in [1.165, 1.54) is 79.3 Å². The number of benzene rings is 6. The third-order valence-electron chi connectivity index (χ3n) is 9.63. The Morgan fingerprint density at radius 3 is 1.78 bits per heavy atom. The van der Waals surface area contributed by atoms with Crippen LogP contribution in [0, 0.1) is 0 Å². The van der Waals surface area contributed by atoms with Crippen LogP contribution in [-0.2, 0) is 17.3 Å². The van der Waals surface area contributed by atoms with Gasteiger partial charge < -0.3 is 0 Å². The van der Waals surface area contributed by atoms with Crippen LogP contribution < -0.4 is 0 Å². The maximum Gasteiger partial charge on any atom is 0.0433 e. The molecule has 0 bridgehead atoms. The minimum atomic E-state index is -0.0243. The highest BCUT2D eigenvalue weighted by Gasteiger charge is 2.23. The van der Waals surface area contributed by atoms with Crippen molar-refractivity contribution >= 4 is 63.0 Å². The first-order valence-electron chi connectivity index (χ1n) is 16.2. The van der Waals surface area contributed by atoms with Crippen LogP contribution in [-0.4, -0.2) is 0 Å². The van der Waals surface area contributed by atoms with Crippen molar-refractivity contribution in [1.29, 1.82) is 0 Å². The minimum absolute atomic E-state index is 0.0243. The zero-order valence-corrected chi connectivity index (χ0v) is 28.8. The molecule has 46 heavy (non-hydrogen) atoms. The lowest BCUT2D eigenvalue weighted by atomic mass is 9.78. The first-order valence-corrected chi connectivity index (χ1v) is 17.9. The zero-order chi connectivity index (χ0) is 31.6. The van der Waals surface area contributed by atoms with Gasteiger partial charge in [-0.1, -0.05) is 144 Å². The molecule has 0 spiro atoms. The second-order valence-corrected chi connectivity index (χ2v) is 16.5. The normalized spacial score (nSPS) is 12.5. The van der Waals surface area contributed by atoms with Crippen molar-refractivity contribution in [3.63, 3.8) is 0 Å². The van der Waals surface area contributed by atoms with Crippen LogP contribution >= 0.6 is 22.7 Å². The molecule has 0 radical (unpaired) electrons. The molecule has 0 fully saturated rings. The van der Waals surface area contributed by atoms with E-state index in [1.54, 1.807) is 0 Å². The molecule has 0 aliphatic carbocycles. The lowest BCUT2D eigenvalue weighted by Crippen LogP contribution is -2.20. The Balaban J connectivity index is 1.13. The Kier molecular flexibility index (Phi) is 6.94. The van der Waals surface area contributed by atoms with Crippen molar-refractivity contribution in [1.82, 2.24) is 0 Å². The average molecular weight is 631 g/mol. The van der Waals surface area contributed by atoms with E-state index in [0.29, 0.717) is 0 Å². The lowest BCUT2D eigenvalue weighted by Gasteiger charge is -2.26. The van der Waals surface area contributed by atoms with Crippen molar-refractivity contribution in [2.45, 2.75) is 51.9 Å². The average Bonchev–Trinajstić information content (AvgIpc) is 3.62. The molecule has 6 aromatic carbocycles. The van der Waals surface area contributed by atoms with E-state index in [-0.39, 0.29) is 10.8 Å². The largest absolute Gasteiger partial charge is 0.135 e. The van der Waals surface area contributed by atoms with Crippen LogP contribution in [0.1, 0.15) is 51.3 Å². The fourth-order valence-corrected chi connectivity index (χ4v) is 9.48. The molecule has 0 amide bonds. The van der Waals surface area contributed by atoms with Gasteiger partial charge in [0, 0.05) is 40.3 Å². The molecule has 226 valence electrons. The zero-order valence-electron chi connectivity index (χ0n) is 27.1. The Bertz CT molecular complexity index is 2390. The van der Waals surface area contributed by atoms with Gasteiger partial charge in [-0.2, -0.15) is 0 Å². The first kappa shape index (κ1) is 29.2. The summed E-state index contributed by atoms with van der Waals surface area (Å²) in [4.78, 5) is 0. The summed E-state index contributed by atoms with van der Waals surface area (Å²) < 4.78 is 5.45. The fourth-order valence-electron chi connectivity index (χ4n) is 7.03. The van der Waals surface area contributed by atoms with Crippen LogP contribution in [0.4, 0.5) is 0 Å². The quantitative estimate of drug-likeness (QED) is 0.177. The summed E-state index contributed by atoms with van der Waals surface area (Å²) in [6, 6.07) is 47.9. The summed E-state index contributed by atoms with van der Waals surface area (Å²) >= 11 is 3.82. The molecule has 0 N–H and O–H groups in total. The minimum Gasteiger partial charge on any atom is -0.135 e. The van der Waals surface area contributed by atoms with E-state index in [9.17, 15) is 0 Å². The van der Waals surface area contributed by atoms with Gasteiger partial charge in [0.25, 0.3) is 0 Å². The number of hydrogen-bond donors (Lipinski definition) is 0. The molecule has 2 heterocycles. The molecule has 0 nitrogen and oxygen atoms in total. The maximum atomic E-state index is 2.45. The molecule has 0 atom stereocenters. The fraction of sp³-hybridized carbons (Fsp3) is 0.182. The van der Waals surface area contributed by atoms with Gasteiger partial charge in [-0.25, -0.2) is 0 Å². The highest BCUT2D eigenvalue weighted by Crippen LogP contribution is 2.43. The van der Waals surface area contributed by atoms with E-state index in [4.69, 9.17) is 0 Å². The monoisotopic (exact) mass is 630 g/mol. The number of hydrogen-bond acceptors (Lipinski definition) is 2. The summed E-state index contributed by atoms with van der Waals surface area (Å²) in [5.74, 6) is 0. The Labute approximate surface area is 280 Å². The molecular formula is C44H38S2. The molecule has 0 saturated heterocycles. The molecule has 0 saturated carbocycles. The molecule has 2 heteroatoms. The van der Waals surface area contributed by atoms with Crippen molar-refractivity contribution in [2.75, 3.05) is 0 Å². The van der Waals surface area contributed by atoms with Crippen LogP contribution in [0.5, 0.6) is 0 Å². The van der Waals surface area contributed by atoms with Gasteiger partial charge in [0.2, 0.25) is 0 Å². The Morgan fingerprint density at radius 2 is 1.07 bits per heavy atom. The Hall–Kier alpha value is -4.24. The topological polar surface area (TPSA) is 0 Å². The summed E-state index contributed by atoms with van der Waals surface area (Å²) in [5.41, 5.74) is 9.49. The highest BCUT2D eigenvalue weighted by molar-refractivity contribution is 7.26. The molecule has 8 aromatic rings. The smallest absolute Gasteiger partial charge is 0.0433 e. The van der Waals surface area contributed by atoms with Crippen molar-refractivity contribution in [2.24, 2.45) is 0 Å². The second kappa shape index (κ2) is 10.9. The van der Waals surface area contributed by atoms with Gasteiger partial charge in [0.15, 0.2) is 0 Å². The van der Waals surface area contributed by atoms with Gasteiger partial charge in [-0.05, 0) is 74.4 Å². The van der Waals surface area contributed by atoms with Gasteiger partial charge >= 0.3 is 0 Å². The molecule has 0 aliphatic heterocycles. The summed E-state index contributed by atoms with van der Waals surface area (Å²) in [6.07, 6.45) is 0.977. The summed E-state index contributed by atoms with van der Waals surface area (Å²) in [5, 5.41) is 5.43. The predicted molar refractivity (Wildman–Crippen MR) is 205 cm³/mol. The third kappa shape index (κ3) is 5.05. The van der Waals surface area contributed by atoms with Crippen LogP contribution in [0.15, 0.2) is 127 Å². The van der Waals surface area contributed by atoms with E-state index < -0.39 is 0 Å². The van der Waals surface area contributed by atoms with Gasteiger partial charge in [0.1, 0.15) is 0 Å². The second-order valence-electron chi connectivity index (χ2n) is 14.4. The Morgan fingerprint density at radius 1 is 0.457 bits per heavy atom. The third-order valence-corrected chi connectivity index (χ3v) is 12.1. The van der Waals surface area contributed by atoms with Gasteiger partial charge in [-0.3, -0.25) is 0 Å². The molecule has 0 unspecified atom stereocenters. The molecule has 8 rings (SSSR count).